The molecule has 0 aliphatic rings. The quantitative estimate of drug-likeness (QED) is 0.409. The first-order valence-corrected chi connectivity index (χ1v) is 8.59. The molecule has 1 aromatic carbocycles. The summed E-state index contributed by atoms with van der Waals surface area (Å²) in [6.45, 7) is 0. The number of benzene rings is 1. The minimum Gasteiger partial charge on any atom is -0.331 e. The normalized spacial score (nSPS) is 11.2. The van der Waals surface area contributed by atoms with Crippen molar-refractivity contribution >= 4 is 57.2 Å². The molecule has 4 N–H and O–H groups in total. The maximum atomic E-state index is 12.1. The molecule has 1 amide bonds. The van der Waals surface area contributed by atoms with Crippen LogP contribution in [0.15, 0.2) is 40.4 Å². The van der Waals surface area contributed by atoms with E-state index < -0.39 is 0 Å². The number of hydrogen-bond acceptors (Lipinski definition) is 5. The Balaban J connectivity index is 1.42. The van der Waals surface area contributed by atoms with Gasteiger partial charge in [-0.2, -0.15) is 0 Å². The number of imidazole rings is 2. The maximum Gasteiger partial charge on any atom is 0.323 e. The molecule has 0 aliphatic carbocycles. The lowest BCUT2D eigenvalue weighted by molar-refractivity contribution is -0.113. The van der Waals surface area contributed by atoms with Crippen molar-refractivity contribution in [1.29, 1.82) is 0 Å². The maximum absolute atomic E-state index is 12.1. The number of pyridine rings is 1. The molecule has 0 spiro atoms. The van der Waals surface area contributed by atoms with E-state index in [0.29, 0.717) is 32.5 Å². The third kappa shape index (κ3) is 3.37. The Morgan fingerprint density at radius 2 is 2.00 bits per heavy atom. The van der Waals surface area contributed by atoms with E-state index in [2.05, 4.69) is 30.2 Å². The number of carbonyl (C=O) groups excluding carboxylic acids is 1. The summed E-state index contributed by atoms with van der Waals surface area (Å²) < 4.78 is 0. The van der Waals surface area contributed by atoms with Gasteiger partial charge in [-0.3, -0.25) is 4.79 Å². The second-order valence-electron chi connectivity index (χ2n) is 5.24. The van der Waals surface area contributed by atoms with Crippen molar-refractivity contribution in [3.8, 4) is 0 Å². The summed E-state index contributed by atoms with van der Waals surface area (Å²) in [4.78, 5) is 40.1. The highest BCUT2D eigenvalue weighted by atomic mass is 35.5. The molecule has 126 valence electrons. The highest BCUT2D eigenvalue weighted by Crippen LogP contribution is 2.21. The van der Waals surface area contributed by atoms with Gasteiger partial charge in [0.2, 0.25) is 5.91 Å². The highest BCUT2D eigenvalue weighted by molar-refractivity contribution is 7.99. The Hall–Kier alpha value is -2.78. The SMILES string of the molecule is O=C(CSc1nc2ncc(Cl)cc2[nH]1)Nc1ccc2[nH]c(=O)[nH]c2c1. The predicted molar refractivity (Wildman–Crippen MR) is 97.2 cm³/mol. The third-order valence-corrected chi connectivity index (χ3v) is 4.50. The van der Waals surface area contributed by atoms with Crippen molar-refractivity contribution in [2.45, 2.75) is 5.16 Å². The first-order valence-electron chi connectivity index (χ1n) is 7.23. The molecule has 0 saturated carbocycles. The Labute approximate surface area is 149 Å². The molecule has 4 rings (SSSR count). The van der Waals surface area contributed by atoms with Crippen LogP contribution in [0.5, 0.6) is 0 Å². The average molecular weight is 375 g/mol. The molecule has 0 fully saturated rings. The van der Waals surface area contributed by atoms with Crippen molar-refractivity contribution in [3.63, 3.8) is 0 Å². The highest BCUT2D eigenvalue weighted by Gasteiger charge is 2.09. The van der Waals surface area contributed by atoms with E-state index in [4.69, 9.17) is 11.6 Å². The average Bonchev–Trinajstić information content (AvgIpc) is 3.14. The van der Waals surface area contributed by atoms with Crippen molar-refractivity contribution in [2.75, 3.05) is 11.1 Å². The number of rotatable bonds is 4. The fourth-order valence-electron chi connectivity index (χ4n) is 2.36. The number of carbonyl (C=O) groups is 1. The van der Waals surface area contributed by atoms with E-state index in [1.54, 1.807) is 24.3 Å². The summed E-state index contributed by atoms with van der Waals surface area (Å²) in [5, 5.41) is 3.89. The van der Waals surface area contributed by atoms with E-state index in [1.165, 1.54) is 18.0 Å². The van der Waals surface area contributed by atoms with E-state index in [9.17, 15) is 9.59 Å². The zero-order chi connectivity index (χ0) is 17.4. The predicted octanol–water partition coefficient (Wildman–Crippen LogP) is 2.51. The van der Waals surface area contributed by atoms with Gasteiger partial charge in [0, 0.05) is 11.9 Å². The topological polar surface area (TPSA) is 119 Å². The van der Waals surface area contributed by atoms with Crippen LogP contribution in [0.4, 0.5) is 5.69 Å². The molecule has 0 atom stereocenters. The molecular formula is C15H11ClN6O2S. The fourth-order valence-corrected chi connectivity index (χ4v) is 3.19. The lowest BCUT2D eigenvalue weighted by Gasteiger charge is -2.04. The summed E-state index contributed by atoms with van der Waals surface area (Å²) in [6.07, 6.45) is 1.52. The van der Waals surface area contributed by atoms with Gasteiger partial charge < -0.3 is 20.3 Å². The van der Waals surface area contributed by atoms with Crippen LogP contribution < -0.4 is 11.0 Å². The van der Waals surface area contributed by atoms with Gasteiger partial charge in [-0.05, 0) is 24.3 Å². The number of anilines is 1. The molecule has 3 heterocycles. The van der Waals surface area contributed by atoms with Crippen molar-refractivity contribution in [1.82, 2.24) is 24.9 Å². The number of aromatic amines is 3. The molecule has 0 saturated heterocycles. The number of nitrogens with one attached hydrogen (secondary N) is 4. The summed E-state index contributed by atoms with van der Waals surface area (Å²) >= 11 is 7.14. The van der Waals surface area contributed by atoms with Gasteiger partial charge in [0.1, 0.15) is 0 Å². The number of nitrogens with zero attached hydrogens (tertiary/aromatic N) is 2. The van der Waals surface area contributed by atoms with E-state index in [-0.39, 0.29) is 17.3 Å². The minimum absolute atomic E-state index is 0.176. The van der Waals surface area contributed by atoms with Gasteiger partial charge >= 0.3 is 5.69 Å². The molecule has 10 heteroatoms. The van der Waals surface area contributed by atoms with Crippen molar-refractivity contribution < 1.29 is 4.79 Å². The van der Waals surface area contributed by atoms with Gasteiger partial charge in [0.05, 0.1) is 27.3 Å². The first-order chi connectivity index (χ1) is 12.1. The number of H-pyrrole nitrogens is 3. The lowest BCUT2D eigenvalue weighted by Crippen LogP contribution is -2.14. The van der Waals surface area contributed by atoms with Crippen LogP contribution in [0.3, 0.4) is 0 Å². The molecule has 25 heavy (non-hydrogen) atoms. The van der Waals surface area contributed by atoms with Crippen LogP contribution >= 0.6 is 23.4 Å². The number of fused-ring (bicyclic) bond motifs is 2. The summed E-state index contributed by atoms with van der Waals surface area (Å²) in [6, 6.07) is 6.88. The zero-order valence-corrected chi connectivity index (χ0v) is 14.2. The van der Waals surface area contributed by atoms with Gasteiger partial charge in [-0.25, -0.2) is 14.8 Å². The van der Waals surface area contributed by atoms with E-state index >= 15 is 0 Å². The zero-order valence-electron chi connectivity index (χ0n) is 12.6. The number of aromatic nitrogens is 5. The molecule has 0 bridgehead atoms. The van der Waals surface area contributed by atoms with Gasteiger partial charge in [-0.15, -0.1) is 0 Å². The largest absolute Gasteiger partial charge is 0.331 e. The van der Waals surface area contributed by atoms with E-state index in [1.807, 2.05) is 0 Å². The summed E-state index contributed by atoms with van der Waals surface area (Å²) in [5.74, 6) is -0.0106. The smallest absolute Gasteiger partial charge is 0.323 e. The lowest BCUT2D eigenvalue weighted by atomic mass is 10.3. The molecular weight excluding hydrogens is 364 g/mol. The van der Waals surface area contributed by atoms with Gasteiger partial charge in [-0.1, -0.05) is 23.4 Å². The summed E-state index contributed by atoms with van der Waals surface area (Å²) in [5.41, 5.74) is 2.91. The van der Waals surface area contributed by atoms with Gasteiger partial charge in [0.25, 0.3) is 0 Å². The second-order valence-corrected chi connectivity index (χ2v) is 6.64. The van der Waals surface area contributed by atoms with Crippen LogP contribution in [-0.2, 0) is 4.79 Å². The van der Waals surface area contributed by atoms with Gasteiger partial charge in [0.15, 0.2) is 10.8 Å². The minimum atomic E-state index is -0.285. The molecule has 3 aromatic heterocycles. The Bertz CT molecular complexity index is 1150. The van der Waals surface area contributed by atoms with Crippen molar-refractivity contribution in [3.05, 3.63) is 46.0 Å². The third-order valence-electron chi connectivity index (χ3n) is 3.42. The Morgan fingerprint density at radius 1 is 1.16 bits per heavy atom. The monoisotopic (exact) mass is 374 g/mol. The Morgan fingerprint density at radius 3 is 2.88 bits per heavy atom. The molecule has 0 unspecified atom stereocenters. The number of thioether (sulfide) groups is 1. The number of halogens is 1. The van der Waals surface area contributed by atoms with E-state index in [0.717, 1.165) is 5.52 Å². The first kappa shape index (κ1) is 15.7. The Kier molecular flexibility index (Phi) is 3.94. The second kappa shape index (κ2) is 6.26. The van der Waals surface area contributed by atoms with Crippen molar-refractivity contribution in [2.24, 2.45) is 0 Å². The fraction of sp³-hybridized carbons (Fsp3) is 0.0667. The number of amides is 1. The molecule has 8 nitrogen and oxygen atoms in total. The van der Waals surface area contributed by atoms with Crippen LogP contribution in [0.25, 0.3) is 22.2 Å². The molecule has 4 aromatic rings. The van der Waals surface area contributed by atoms with Crippen LogP contribution in [0, 0.1) is 0 Å². The van der Waals surface area contributed by atoms with Crippen LogP contribution in [-0.4, -0.2) is 36.6 Å². The number of hydrogen-bond donors (Lipinski definition) is 4. The van der Waals surface area contributed by atoms with Crippen LogP contribution in [0.1, 0.15) is 0 Å². The summed E-state index contributed by atoms with van der Waals surface area (Å²) in [7, 11) is 0. The standard InChI is InChI=1S/C15H11ClN6O2S/c16-7-3-11-13(17-5-7)22-15(21-11)25-6-12(23)18-8-1-2-9-10(4-8)20-14(24)19-9/h1-5H,6H2,(H,18,23)(H,17,21,22)(H2,19,20,24). The molecule has 0 radical (unpaired) electrons. The molecule has 0 aliphatic heterocycles. The van der Waals surface area contributed by atoms with Crippen LogP contribution in [0.2, 0.25) is 5.02 Å².